The molecule has 28 heavy (non-hydrogen) atoms. The van der Waals surface area contributed by atoms with Gasteiger partial charge in [-0.2, -0.15) is 0 Å². The molecule has 3 heterocycles. The molecular weight excluding hydrogens is 348 g/mol. The maximum absolute atomic E-state index is 6.16. The lowest BCUT2D eigenvalue weighted by Gasteiger charge is -2.30. The molecule has 142 valence electrons. The van der Waals surface area contributed by atoms with Crippen molar-refractivity contribution >= 4 is 27.6 Å². The van der Waals surface area contributed by atoms with Gasteiger partial charge in [-0.25, -0.2) is 4.98 Å². The van der Waals surface area contributed by atoms with Crippen LogP contribution in [-0.2, 0) is 6.54 Å². The standard InChI is InChI=1S/C23H24N4O/c24-17-7-9-27(10-8-17)14-15-5-6-18-19(11-15)20(13-26-23(18)25)22-12-16-3-1-2-4-21(16)28-22/h1-6,11-13,17H,7-10,14,24H2,(H2,25,26). The molecule has 1 aliphatic rings. The van der Waals surface area contributed by atoms with Crippen molar-refractivity contribution in [1.82, 2.24) is 9.88 Å². The fourth-order valence-corrected chi connectivity index (χ4v) is 4.09. The van der Waals surface area contributed by atoms with Crippen LogP contribution < -0.4 is 11.5 Å². The van der Waals surface area contributed by atoms with Crippen molar-refractivity contribution < 1.29 is 4.42 Å². The number of para-hydroxylation sites is 1. The molecule has 0 unspecified atom stereocenters. The number of hydrogen-bond donors (Lipinski definition) is 2. The molecule has 4 N–H and O–H groups in total. The molecule has 0 aliphatic carbocycles. The summed E-state index contributed by atoms with van der Waals surface area (Å²) in [6.45, 7) is 3.02. The van der Waals surface area contributed by atoms with Crippen LogP contribution in [0.3, 0.4) is 0 Å². The summed E-state index contributed by atoms with van der Waals surface area (Å²) in [5.74, 6) is 1.37. The number of likely N-dealkylation sites (tertiary alicyclic amines) is 1. The fraction of sp³-hybridized carbons (Fsp3) is 0.261. The number of anilines is 1. The van der Waals surface area contributed by atoms with Gasteiger partial charge in [0.15, 0.2) is 0 Å². The van der Waals surface area contributed by atoms with Gasteiger partial charge in [0.05, 0.1) is 0 Å². The Hall–Kier alpha value is -2.89. The summed E-state index contributed by atoms with van der Waals surface area (Å²) in [6, 6.07) is 16.9. The van der Waals surface area contributed by atoms with Gasteiger partial charge in [0.25, 0.3) is 0 Å². The predicted octanol–water partition coefficient (Wildman–Crippen LogP) is 4.15. The van der Waals surface area contributed by atoms with Crippen LogP contribution in [0.1, 0.15) is 18.4 Å². The SMILES string of the molecule is Nc1ncc(-c2cc3ccccc3o2)c2cc(CN3CCC(N)CC3)ccc12. The minimum absolute atomic E-state index is 0.346. The molecule has 0 spiro atoms. The molecule has 0 radical (unpaired) electrons. The normalized spacial score (nSPS) is 16.2. The van der Waals surface area contributed by atoms with Gasteiger partial charge in [-0.1, -0.05) is 30.3 Å². The third kappa shape index (κ3) is 3.13. The van der Waals surface area contributed by atoms with E-state index in [0.29, 0.717) is 11.9 Å². The quantitative estimate of drug-likeness (QED) is 0.564. The Kier molecular flexibility index (Phi) is 4.26. The molecule has 4 aromatic rings. The molecule has 5 heteroatoms. The number of nitrogens with zero attached hydrogens (tertiary/aromatic N) is 2. The zero-order valence-corrected chi connectivity index (χ0v) is 15.8. The van der Waals surface area contributed by atoms with E-state index >= 15 is 0 Å². The first-order valence-electron chi connectivity index (χ1n) is 9.81. The van der Waals surface area contributed by atoms with Gasteiger partial charge in [0.2, 0.25) is 0 Å². The Bertz CT molecular complexity index is 1110. The van der Waals surface area contributed by atoms with Gasteiger partial charge in [0, 0.05) is 35.1 Å². The number of hydrogen-bond acceptors (Lipinski definition) is 5. The molecule has 5 rings (SSSR count). The lowest BCUT2D eigenvalue weighted by molar-refractivity contribution is 0.206. The van der Waals surface area contributed by atoms with Crippen molar-refractivity contribution in [2.24, 2.45) is 5.73 Å². The molecule has 0 atom stereocenters. The molecule has 1 aliphatic heterocycles. The minimum Gasteiger partial charge on any atom is -0.456 e. The second-order valence-corrected chi connectivity index (χ2v) is 7.70. The summed E-state index contributed by atoms with van der Waals surface area (Å²) >= 11 is 0. The van der Waals surface area contributed by atoms with Crippen LogP contribution in [-0.4, -0.2) is 29.0 Å². The third-order valence-corrected chi connectivity index (χ3v) is 5.71. The zero-order valence-electron chi connectivity index (χ0n) is 15.8. The topological polar surface area (TPSA) is 81.3 Å². The molecule has 0 amide bonds. The molecule has 5 nitrogen and oxygen atoms in total. The van der Waals surface area contributed by atoms with Crippen molar-refractivity contribution in [2.45, 2.75) is 25.4 Å². The molecular formula is C23H24N4O. The Labute approximate surface area is 163 Å². The van der Waals surface area contributed by atoms with Crippen LogP contribution in [0.2, 0.25) is 0 Å². The first kappa shape index (κ1) is 17.2. The summed E-state index contributed by atoms with van der Waals surface area (Å²) in [5, 5.41) is 3.13. The van der Waals surface area contributed by atoms with Crippen molar-refractivity contribution in [3.05, 3.63) is 60.3 Å². The van der Waals surface area contributed by atoms with E-state index in [2.05, 4.69) is 40.2 Å². The summed E-state index contributed by atoms with van der Waals surface area (Å²) in [6.07, 6.45) is 3.95. The Balaban J connectivity index is 1.56. The zero-order chi connectivity index (χ0) is 19.1. The van der Waals surface area contributed by atoms with Crippen molar-refractivity contribution in [3.63, 3.8) is 0 Å². The fourth-order valence-electron chi connectivity index (χ4n) is 4.09. The third-order valence-electron chi connectivity index (χ3n) is 5.71. The largest absolute Gasteiger partial charge is 0.456 e. The minimum atomic E-state index is 0.346. The smallest absolute Gasteiger partial charge is 0.137 e. The highest BCUT2D eigenvalue weighted by atomic mass is 16.3. The molecule has 0 bridgehead atoms. The van der Waals surface area contributed by atoms with Crippen LogP contribution in [0.5, 0.6) is 0 Å². The Morgan fingerprint density at radius 3 is 2.68 bits per heavy atom. The average molecular weight is 372 g/mol. The van der Waals surface area contributed by atoms with E-state index in [0.717, 1.165) is 65.5 Å². The van der Waals surface area contributed by atoms with Crippen LogP contribution in [0.15, 0.2) is 59.1 Å². The summed E-state index contributed by atoms with van der Waals surface area (Å²) in [5.41, 5.74) is 15.3. The number of furan rings is 1. The van der Waals surface area contributed by atoms with Crippen molar-refractivity contribution in [3.8, 4) is 11.3 Å². The van der Waals surface area contributed by atoms with Gasteiger partial charge in [-0.05, 0) is 55.1 Å². The van der Waals surface area contributed by atoms with Gasteiger partial charge in [0.1, 0.15) is 17.2 Å². The van der Waals surface area contributed by atoms with Crippen molar-refractivity contribution in [2.75, 3.05) is 18.8 Å². The number of aromatic nitrogens is 1. The highest BCUT2D eigenvalue weighted by Crippen LogP contribution is 2.34. The summed E-state index contributed by atoms with van der Waals surface area (Å²) in [7, 11) is 0. The second kappa shape index (κ2) is 6.93. The lowest BCUT2D eigenvalue weighted by atomic mass is 10.0. The van der Waals surface area contributed by atoms with Gasteiger partial charge >= 0.3 is 0 Å². The first-order chi connectivity index (χ1) is 13.7. The number of benzene rings is 2. The summed E-state index contributed by atoms with van der Waals surface area (Å²) < 4.78 is 6.10. The number of nitrogens with two attached hydrogens (primary N) is 2. The number of fused-ring (bicyclic) bond motifs is 2. The Morgan fingerprint density at radius 1 is 1.04 bits per heavy atom. The Morgan fingerprint density at radius 2 is 1.86 bits per heavy atom. The van der Waals surface area contributed by atoms with Crippen LogP contribution in [0.4, 0.5) is 5.82 Å². The highest BCUT2D eigenvalue weighted by Gasteiger charge is 2.17. The lowest BCUT2D eigenvalue weighted by Crippen LogP contribution is -2.39. The predicted molar refractivity (Wildman–Crippen MR) is 114 cm³/mol. The van der Waals surface area contributed by atoms with E-state index in [1.807, 2.05) is 24.4 Å². The maximum atomic E-state index is 6.16. The van der Waals surface area contributed by atoms with Crippen LogP contribution in [0.25, 0.3) is 33.1 Å². The number of pyridine rings is 1. The summed E-state index contributed by atoms with van der Waals surface area (Å²) in [4.78, 5) is 6.87. The molecule has 1 fully saturated rings. The number of piperidine rings is 1. The van der Waals surface area contributed by atoms with Gasteiger partial charge in [-0.15, -0.1) is 0 Å². The van der Waals surface area contributed by atoms with Gasteiger partial charge < -0.3 is 15.9 Å². The van der Waals surface area contributed by atoms with E-state index in [-0.39, 0.29) is 0 Å². The monoisotopic (exact) mass is 372 g/mol. The first-order valence-corrected chi connectivity index (χ1v) is 9.81. The van der Waals surface area contributed by atoms with E-state index in [1.54, 1.807) is 0 Å². The van der Waals surface area contributed by atoms with Crippen LogP contribution in [0, 0.1) is 0 Å². The molecule has 0 saturated carbocycles. The second-order valence-electron chi connectivity index (χ2n) is 7.70. The number of rotatable bonds is 3. The van der Waals surface area contributed by atoms with E-state index in [9.17, 15) is 0 Å². The maximum Gasteiger partial charge on any atom is 0.137 e. The van der Waals surface area contributed by atoms with Crippen LogP contribution >= 0.6 is 0 Å². The van der Waals surface area contributed by atoms with Crippen molar-refractivity contribution in [1.29, 1.82) is 0 Å². The average Bonchev–Trinajstić information content (AvgIpc) is 3.14. The molecule has 1 saturated heterocycles. The van der Waals surface area contributed by atoms with E-state index in [4.69, 9.17) is 15.9 Å². The van der Waals surface area contributed by atoms with E-state index < -0.39 is 0 Å². The van der Waals surface area contributed by atoms with Gasteiger partial charge in [-0.3, -0.25) is 4.90 Å². The van der Waals surface area contributed by atoms with E-state index in [1.165, 1.54) is 5.56 Å². The molecule has 2 aromatic carbocycles. The molecule has 2 aromatic heterocycles. The number of nitrogen functional groups attached to an aromatic ring is 1. The highest BCUT2D eigenvalue weighted by molar-refractivity contribution is 6.01.